The molecule has 0 aromatic rings. The Bertz CT molecular complexity index is 325. The summed E-state index contributed by atoms with van der Waals surface area (Å²) in [6, 6.07) is 0.110. The second kappa shape index (κ2) is 6.85. The molecule has 3 unspecified atom stereocenters. The first kappa shape index (κ1) is 15.7. The van der Waals surface area contributed by atoms with Crippen LogP contribution in [-0.2, 0) is 4.79 Å². The van der Waals surface area contributed by atoms with Crippen LogP contribution in [0.1, 0.15) is 38.5 Å². The summed E-state index contributed by atoms with van der Waals surface area (Å²) in [6.45, 7) is -1.44. The van der Waals surface area contributed by atoms with Gasteiger partial charge in [0.25, 0.3) is 0 Å². The molecule has 1 aliphatic heterocycles. The van der Waals surface area contributed by atoms with Gasteiger partial charge in [0.2, 0.25) is 5.91 Å². The highest BCUT2D eigenvalue weighted by atomic mass is 16.3. The van der Waals surface area contributed by atoms with Gasteiger partial charge in [-0.1, -0.05) is 12.8 Å². The maximum Gasteiger partial charge on any atom is 0.237 e. The van der Waals surface area contributed by atoms with Crippen LogP contribution in [0.15, 0.2) is 0 Å². The Kier molecular flexibility index (Phi) is 5.37. The lowest BCUT2D eigenvalue weighted by molar-refractivity contribution is -0.128. The van der Waals surface area contributed by atoms with Gasteiger partial charge in [0.05, 0.1) is 25.9 Å². The number of carbonyl (C=O) groups excluding carboxylic acids is 1. The standard InChI is InChI=1S/C14H26N2O4/c17-7-14(8-18,9-19)16-13(20)12-6-5-10-3-1-2-4-11(10)15-12/h10-12,15,17-19H,1-9H2,(H,16,20). The van der Waals surface area contributed by atoms with E-state index in [1.54, 1.807) is 0 Å². The van der Waals surface area contributed by atoms with E-state index in [2.05, 4.69) is 10.6 Å². The molecule has 2 rings (SSSR count). The second-order valence-corrected chi connectivity index (χ2v) is 6.19. The summed E-state index contributed by atoms with van der Waals surface area (Å²) in [5.41, 5.74) is -1.33. The van der Waals surface area contributed by atoms with Crippen LogP contribution in [0, 0.1) is 5.92 Å². The van der Waals surface area contributed by atoms with E-state index in [0.29, 0.717) is 12.0 Å². The maximum atomic E-state index is 12.3. The average Bonchev–Trinajstić information content (AvgIpc) is 2.52. The Morgan fingerprint density at radius 2 is 1.70 bits per heavy atom. The third-order valence-electron chi connectivity index (χ3n) is 4.76. The number of fused-ring (bicyclic) bond motifs is 1. The van der Waals surface area contributed by atoms with Gasteiger partial charge in [-0.3, -0.25) is 4.79 Å². The van der Waals surface area contributed by atoms with E-state index < -0.39 is 25.4 Å². The Balaban J connectivity index is 1.92. The molecule has 1 aliphatic carbocycles. The molecule has 0 aromatic heterocycles. The highest BCUT2D eigenvalue weighted by Gasteiger charge is 2.37. The monoisotopic (exact) mass is 286 g/mol. The number of rotatable bonds is 5. The predicted molar refractivity (Wildman–Crippen MR) is 74.0 cm³/mol. The highest BCUT2D eigenvalue weighted by molar-refractivity contribution is 5.82. The van der Waals surface area contributed by atoms with Crippen molar-refractivity contribution >= 4 is 5.91 Å². The van der Waals surface area contributed by atoms with Crippen molar-refractivity contribution in [3.8, 4) is 0 Å². The molecule has 0 radical (unpaired) electrons. The van der Waals surface area contributed by atoms with Gasteiger partial charge >= 0.3 is 0 Å². The van der Waals surface area contributed by atoms with E-state index in [1.807, 2.05) is 0 Å². The fraction of sp³-hybridized carbons (Fsp3) is 0.929. The Morgan fingerprint density at radius 3 is 2.35 bits per heavy atom. The lowest BCUT2D eigenvalue weighted by atomic mass is 9.77. The van der Waals surface area contributed by atoms with Gasteiger partial charge in [0, 0.05) is 6.04 Å². The van der Waals surface area contributed by atoms with Crippen LogP contribution < -0.4 is 10.6 Å². The van der Waals surface area contributed by atoms with Crippen molar-refractivity contribution in [3.63, 3.8) is 0 Å². The first-order valence-electron chi connectivity index (χ1n) is 7.55. The molecular formula is C14H26N2O4. The van der Waals surface area contributed by atoms with Crippen LogP contribution >= 0.6 is 0 Å². The summed E-state index contributed by atoms with van der Waals surface area (Å²) < 4.78 is 0. The van der Waals surface area contributed by atoms with Gasteiger partial charge < -0.3 is 26.0 Å². The third-order valence-corrected chi connectivity index (χ3v) is 4.76. The molecule has 1 saturated heterocycles. The van der Waals surface area contributed by atoms with E-state index in [4.69, 9.17) is 0 Å². The number of nitrogens with one attached hydrogen (secondary N) is 2. The number of carbonyl (C=O) groups is 1. The smallest absolute Gasteiger partial charge is 0.237 e. The summed E-state index contributed by atoms with van der Waals surface area (Å²) in [5, 5.41) is 33.8. The Hall–Kier alpha value is -0.690. The SMILES string of the molecule is O=C(NC(CO)(CO)CO)C1CCC2CCCCC2N1. The zero-order valence-electron chi connectivity index (χ0n) is 11.8. The molecule has 2 aliphatic rings. The van der Waals surface area contributed by atoms with Crippen molar-refractivity contribution in [2.24, 2.45) is 5.92 Å². The molecule has 20 heavy (non-hydrogen) atoms. The van der Waals surface area contributed by atoms with Gasteiger partial charge in [-0.15, -0.1) is 0 Å². The largest absolute Gasteiger partial charge is 0.394 e. The summed E-state index contributed by atoms with van der Waals surface area (Å²) in [6.07, 6.45) is 6.64. The molecule has 0 spiro atoms. The summed E-state index contributed by atoms with van der Waals surface area (Å²) in [4.78, 5) is 12.3. The minimum atomic E-state index is -1.33. The van der Waals surface area contributed by atoms with Crippen molar-refractivity contribution < 1.29 is 20.1 Å². The van der Waals surface area contributed by atoms with Crippen molar-refractivity contribution in [2.75, 3.05) is 19.8 Å². The van der Waals surface area contributed by atoms with E-state index in [9.17, 15) is 20.1 Å². The van der Waals surface area contributed by atoms with E-state index in [1.165, 1.54) is 19.3 Å². The zero-order valence-corrected chi connectivity index (χ0v) is 11.8. The van der Waals surface area contributed by atoms with Crippen molar-refractivity contribution in [2.45, 2.75) is 56.1 Å². The van der Waals surface area contributed by atoms with E-state index in [0.717, 1.165) is 19.3 Å². The van der Waals surface area contributed by atoms with Crippen LogP contribution in [0.2, 0.25) is 0 Å². The molecule has 3 atom stereocenters. The molecular weight excluding hydrogens is 260 g/mol. The molecule has 6 heteroatoms. The van der Waals surface area contributed by atoms with Crippen LogP contribution in [0.25, 0.3) is 0 Å². The summed E-state index contributed by atoms with van der Waals surface area (Å²) in [5.74, 6) is 0.428. The first-order chi connectivity index (χ1) is 9.64. The van der Waals surface area contributed by atoms with Crippen molar-refractivity contribution in [1.82, 2.24) is 10.6 Å². The third kappa shape index (κ3) is 3.31. The zero-order chi connectivity index (χ0) is 14.6. The molecule has 1 saturated carbocycles. The molecule has 0 bridgehead atoms. The van der Waals surface area contributed by atoms with Gasteiger partial charge in [-0.2, -0.15) is 0 Å². The molecule has 6 nitrogen and oxygen atoms in total. The van der Waals surface area contributed by atoms with Gasteiger partial charge in [-0.05, 0) is 31.6 Å². The molecule has 1 heterocycles. The van der Waals surface area contributed by atoms with E-state index in [-0.39, 0.29) is 11.9 Å². The molecule has 116 valence electrons. The fourth-order valence-electron chi connectivity index (χ4n) is 3.32. The fourth-order valence-corrected chi connectivity index (χ4v) is 3.32. The van der Waals surface area contributed by atoms with Crippen LogP contribution in [0.3, 0.4) is 0 Å². The average molecular weight is 286 g/mol. The lowest BCUT2D eigenvalue weighted by Crippen LogP contribution is -2.63. The number of aliphatic hydroxyl groups is 3. The number of piperidine rings is 1. The minimum absolute atomic E-state index is 0.244. The second-order valence-electron chi connectivity index (χ2n) is 6.19. The Morgan fingerprint density at radius 1 is 1.05 bits per heavy atom. The molecule has 2 fully saturated rings. The minimum Gasteiger partial charge on any atom is -0.394 e. The van der Waals surface area contributed by atoms with Crippen LogP contribution in [0.4, 0.5) is 0 Å². The first-order valence-corrected chi connectivity index (χ1v) is 7.55. The quantitative estimate of drug-likeness (QED) is 0.452. The molecule has 5 N–H and O–H groups in total. The van der Waals surface area contributed by atoms with Crippen LogP contribution in [0.5, 0.6) is 0 Å². The van der Waals surface area contributed by atoms with Gasteiger partial charge in [-0.25, -0.2) is 0 Å². The lowest BCUT2D eigenvalue weighted by Gasteiger charge is -2.41. The number of hydrogen-bond acceptors (Lipinski definition) is 5. The predicted octanol–water partition coefficient (Wildman–Crippen LogP) is -0.871. The van der Waals surface area contributed by atoms with Crippen LogP contribution in [-0.4, -0.2) is 58.7 Å². The number of amides is 1. The van der Waals surface area contributed by atoms with Gasteiger partial charge in [0.15, 0.2) is 0 Å². The number of aliphatic hydroxyl groups excluding tert-OH is 3. The number of hydrogen-bond donors (Lipinski definition) is 5. The van der Waals surface area contributed by atoms with E-state index >= 15 is 0 Å². The van der Waals surface area contributed by atoms with Crippen molar-refractivity contribution in [1.29, 1.82) is 0 Å². The molecule has 0 aromatic carbocycles. The topological polar surface area (TPSA) is 102 Å². The summed E-state index contributed by atoms with van der Waals surface area (Å²) in [7, 11) is 0. The summed E-state index contributed by atoms with van der Waals surface area (Å²) >= 11 is 0. The maximum absolute atomic E-state index is 12.3. The van der Waals surface area contributed by atoms with Gasteiger partial charge in [0.1, 0.15) is 5.54 Å². The Labute approximate surface area is 119 Å². The van der Waals surface area contributed by atoms with Crippen molar-refractivity contribution in [3.05, 3.63) is 0 Å². The molecule has 1 amide bonds. The normalized spacial score (nSPS) is 30.6. The highest BCUT2D eigenvalue weighted by Crippen LogP contribution is 2.32.